The lowest BCUT2D eigenvalue weighted by Crippen LogP contribution is -2.24. The smallest absolute Gasteiger partial charge is 0.261 e. The first-order chi connectivity index (χ1) is 15.1. The maximum absolute atomic E-state index is 12.1. The van der Waals surface area contributed by atoms with Crippen LogP contribution in [0.25, 0.3) is 11.0 Å². The van der Waals surface area contributed by atoms with Gasteiger partial charge in [0.15, 0.2) is 0 Å². The van der Waals surface area contributed by atoms with Crippen LogP contribution in [-0.4, -0.2) is 28.6 Å². The van der Waals surface area contributed by atoms with Crippen molar-refractivity contribution in [2.45, 2.75) is 33.2 Å². The highest BCUT2D eigenvalue weighted by Gasteiger charge is 2.12. The zero-order valence-electron chi connectivity index (χ0n) is 17.9. The van der Waals surface area contributed by atoms with Gasteiger partial charge in [-0.1, -0.05) is 30.3 Å². The monoisotopic (exact) mass is 433 g/mol. The average Bonchev–Trinajstić information content (AvgIpc) is 3.43. The molecular formula is C25H27N3O2S. The molecule has 2 heterocycles. The van der Waals surface area contributed by atoms with Gasteiger partial charge >= 0.3 is 0 Å². The second-order valence-corrected chi connectivity index (χ2v) is 8.50. The summed E-state index contributed by atoms with van der Waals surface area (Å²) in [5.41, 5.74) is 4.52. The highest BCUT2D eigenvalue weighted by molar-refractivity contribution is 7.12. The number of nitrogens with zero attached hydrogens (tertiary/aromatic N) is 2. The molecule has 0 radical (unpaired) electrons. The summed E-state index contributed by atoms with van der Waals surface area (Å²) in [6.45, 7) is 6.12. The Bertz CT molecular complexity index is 1160. The molecule has 6 heteroatoms. The van der Waals surface area contributed by atoms with Crippen LogP contribution in [0.5, 0.6) is 5.75 Å². The predicted octanol–water partition coefficient (Wildman–Crippen LogP) is 5.16. The molecule has 1 amide bonds. The van der Waals surface area contributed by atoms with Crippen LogP contribution in [0.4, 0.5) is 0 Å². The fourth-order valence-corrected chi connectivity index (χ4v) is 4.28. The summed E-state index contributed by atoms with van der Waals surface area (Å²) in [6.07, 6.45) is 1.63. The minimum absolute atomic E-state index is 0.00886. The van der Waals surface area contributed by atoms with Gasteiger partial charge in [-0.2, -0.15) is 0 Å². The van der Waals surface area contributed by atoms with Crippen LogP contribution in [0.2, 0.25) is 0 Å². The van der Waals surface area contributed by atoms with Crippen molar-refractivity contribution in [3.63, 3.8) is 0 Å². The number of amides is 1. The van der Waals surface area contributed by atoms with Crippen molar-refractivity contribution in [3.8, 4) is 5.75 Å². The summed E-state index contributed by atoms with van der Waals surface area (Å²) < 4.78 is 8.33. The van der Waals surface area contributed by atoms with Crippen molar-refractivity contribution in [1.29, 1.82) is 0 Å². The molecule has 4 aromatic rings. The molecule has 0 aliphatic rings. The van der Waals surface area contributed by atoms with Crippen LogP contribution >= 0.6 is 11.3 Å². The molecule has 0 aliphatic carbocycles. The molecule has 2 aromatic carbocycles. The first-order valence-electron chi connectivity index (χ1n) is 10.6. The summed E-state index contributed by atoms with van der Waals surface area (Å²) in [6, 6.07) is 18.1. The Morgan fingerprint density at radius 1 is 1.10 bits per heavy atom. The third kappa shape index (κ3) is 4.97. The first kappa shape index (κ1) is 21.1. The number of thiophene rings is 1. The third-order valence-corrected chi connectivity index (χ3v) is 6.34. The van der Waals surface area contributed by atoms with E-state index < -0.39 is 0 Å². The standard InChI is InChI=1S/C25H27N3O2S/c1-18-8-5-11-22(19(18)2)30-16-15-28-21-10-4-3-9-20(21)27-24(28)13-6-14-26-25(29)23-12-7-17-31-23/h3-5,7-12,17H,6,13-16H2,1-2H3,(H,26,29). The molecular weight excluding hydrogens is 406 g/mol. The third-order valence-electron chi connectivity index (χ3n) is 5.47. The van der Waals surface area contributed by atoms with Crippen LogP contribution in [0.15, 0.2) is 60.0 Å². The van der Waals surface area contributed by atoms with Gasteiger partial charge in [-0.15, -0.1) is 11.3 Å². The molecule has 0 aliphatic heterocycles. The van der Waals surface area contributed by atoms with Crippen molar-refractivity contribution in [3.05, 3.63) is 81.8 Å². The van der Waals surface area contributed by atoms with Gasteiger partial charge in [0.1, 0.15) is 18.2 Å². The van der Waals surface area contributed by atoms with Crippen molar-refractivity contribution in [2.24, 2.45) is 0 Å². The Balaban J connectivity index is 1.39. The second kappa shape index (κ2) is 9.79. The number of ether oxygens (including phenoxy) is 1. The van der Waals surface area contributed by atoms with E-state index in [2.05, 4.69) is 35.9 Å². The van der Waals surface area contributed by atoms with Crippen molar-refractivity contribution in [1.82, 2.24) is 14.9 Å². The summed E-state index contributed by atoms with van der Waals surface area (Å²) >= 11 is 1.46. The van der Waals surface area contributed by atoms with Gasteiger partial charge in [0.05, 0.1) is 22.5 Å². The van der Waals surface area contributed by atoms with E-state index in [4.69, 9.17) is 9.72 Å². The van der Waals surface area contributed by atoms with Crippen LogP contribution < -0.4 is 10.1 Å². The molecule has 0 unspecified atom stereocenters. The minimum atomic E-state index is -0.00886. The van der Waals surface area contributed by atoms with Crippen LogP contribution in [0.1, 0.15) is 33.0 Å². The molecule has 160 valence electrons. The lowest BCUT2D eigenvalue weighted by atomic mass is 10.1. The number of carbonyl (C=O) groups is 1. The topological polar surface area (TPSA) is 56.1 Å². The van der Waals surface area contributed by atoms with E-state index in [1.54, 1.807) is 0 Å². The fourth-order valence-electron chi connectivity index (χ4n) is 3.64. The molecule has 0 saturated heterocycles. The molecule has 0 fully saturated rings. The van der Waals surface area contributed by atoms with E-state index in [1.165, 1.54) is 22.5 Å². The molecule has 1 N–H and O–H groups in total. The molecule has 0 saturated carbocycles. The van der Waals surface area contributed by atoms with E-state index in [9.17, 15) is 4.79 Å². The predicted molar refractivity (Wildman–Crippen MR) is 126 cm³/mol. The van der Waals surface area contributed by atoms with Crippen molar-refractivity contribution in [2.75, 3.05) is 13.2 Å². The van der Waals surface area contributed by atoms with Gasteiger partial charge in [-0.3, -0.25) is 4.79 Å². The Hall–Kier alpha value is -3.12. The van der Waals surface area contributed by atoms with Crippen LogP contribution in [-0.2, 0) is 13.0 Å². The summed E-state index contributed by atoms with van der Waals surface area (Å²) in [5, 5.41) is 4.91. The Labute approximate surface area is 186 Å². The van der Waals surface area contributed by atoms with Gasteiger partial charge in [-0.05, 0) is 61.0 Å². The maximum atomic E-state index is 12.1. The number of carbonyl (C=O) groups excluding carboxylic acids is 1. The Morgan fingerprint density at radius 2 is 1.97 bits per heavy atom. The van der Waals surface area contributed by atoms with Crippen LogP contribution in [0, 0.1) is 13.8 Å². The maximum Gasteiger partial charge on any atom is 0.261 e. The number of hydrogen-bond acceptors (Lipinski definition) is 4. The molecule has 0 atom stereocenters. The Morgan fingerprint density at radius 3 is 2.81 bits per heavy atom. The normalized spacial score (nSPS) is 11.0. The molecule has 2 aromatic heterocycles. The summed E-state index contributed by atoms with van der Waals surface area (Å²) in [7, 11) is 0. The fraction of sp³-hybridized carbons (Fsp3) is 0.280. The van der Waals surface area contributed by atoms with E-state index in [0.29, 0.717) is 13.2 Å². The summed E-state index contributed by atoms with van der Waals surface area (Å²) in [4.78, 5) is 17.7. The van der Waals surface area contributed by atoms with Gasteiger partial charge in [0, 0.05) is 13.0 Å². The van der Waals surface area contributed by atoms with Crippen molar-refractivity contribution < 1.29 is 9.53 Å². The van der Waals surface area contributed by atoms with E-state index in [1.807, 2.05) is 47.8 Å². The SMILES string of the molecule is Cc1cccc(OCCn2c(CCCNC(=O)c3cccs3)nc3ccccc32)c1C. The lowest BCUT2D eigenvalue weighted by molar-refractivity contribution is 0.0957. The van der Waals surface area contributed by atoms with E-state index >= 15 is 0 Å². The van der Waals surface area contributed by atoms with Gasteiger partial charge < -0.3 is 14.6 Å². The number of para-hydroxylation sites is 2. The molecule has 31 heavy (non-hydrogen) atoms. The molecule has 0 bridgehead atoms. The largest absolute Gasteiger partial charge is 0.491 e. The van der Waals surface area contributed by atoms with Crippen molar-refractivity contribution >= 4 is 28.3 Å². The molecule has 5 nitrogen and oxygen atoms in total. The minimum Gasteiger partial charge on any atom is -0.491 e. The number of rotatable bonds is 9. The number of aromatic nitrogens is 2. The number of nitrogens with one attached hydrogen (secondary N) is 1. The highest BCUT2D eigenvalue weighted by Crippen LogP contribution is 2.21. The summed E-state index contributed by atoms with van der Waals surface area (Å²) in [5.74, 6) is 1.95. The quantitative estimate of drug-likeness (QED) is 0.371. The molecule has 4 rings (SSSR count). The van der Waals surface area contributed by atoms with Crippen LogP contribution in [0.3, 0.4) is 0 Å². The van der Waals surface area contributed by atoms with E-state index in [0.717, 1.165) is 46.9 Å². The number of fused-ring (bicyclic) bond motifs is 1. The lowest BCUT2D eigenvalue weighted by Gasteiger charge is -2.13. The Kier molecular flexibility index (Phi) is 6.67. The van der Waals surface area contributed by atoms with Gasteiger partial charge in [0.2, 0.25) is 0 Å². The number of imidazole rings is 1. The second-order valence-electron chi connectivity index (χ2n) is 7.55. The van der Waals surface area contributed by atoms with Gasteiger partial charge in [0.25, 0.3) is 5.91 Å². The van der Waals surface area contributed by atoms with Gasteiger partial charge in [-0.25, -0.2) is 4.98 Å². The molecule has 0 spiro atoms. The number of aryl methyl sites for hydroxylation is 2. The number of benzene rings is 2. The van der Waals surface area contributed by atoms with E-state index in [-0.39, 0.29) is 5.91 Å². The zero-order chi connectivity index (χ0) is 21.6. The first-order valence-corrected chi connectivity index (χ1v) is 11.5. The average molecular weight is 434 g/mol. The number of hydrogen-bond donors (Lipinski definition) is 1. The highest BCUT2D eigenvalue weighted by atomic mass is 32.1. The zero-order valence-corrected chi connectivity index (χ0v) is 18.7.